The van der Waals surface area contributed by atoms with Crippen LogP contribution in [-0.4, -0.2) is 19.5 Å². The molecule has 1 rings (SSSR count). The predicted molar refractivity (Wildman–Crippen MR) is 52.2 cm³/mol. The lowest BCUT2D eigenvalue weighted by Crippen LogP contribution is -2.24. The molecule has 0 aliphatic carbocycles. The fourth-order valence-electron chi connectivity index (χ4n) is 1.37. The number of terminal acetylenes is 1. The average molecular weight is 182 g/mol. The molecule has 1 aliphatic rings. The third kappa shape index (κ3) is 4.31. The Morgan fingerprint density at radius 3 is 3.08 bits per heavy atom. The topological polar surface area (TPSA) is 18.5 Å². The van der Waals surface area contributed by atoms with Gasteiger partial charge in [-0.2, -0.15) is 0 Å². The highest BCUT2D eigenvalue weighted by Gasteiger charge is 2.14. The van der Waals surface area contributed by atoms with Crippen molar-refractivity contribution < 1.29 is 9.47 Å². The first-order valence-corrected chi connectivity index (χ1v) is 4.99. The van der Waals surface area contributed by atoms with E-state index in [1.54, 1.807) is 0 Å². The smallest absolute Gasteiger partial charge is 0.157 e. The summed E-state index contributed by atoms with van der Waals surface area (Å²) in [5.41, 5.74) is 0. The molecule has 0 bridgehead atoms. The van der Waals surface area contributed by atoms with E-state index in [0.29, 0.717) is 5.92 Å². The van der Waals surface area contributed by atoms with Crippen LogP contribution < -0.4 is 0 Å². The predicted octanol–water partition coefficient (Wildman–Crippen LogP) is 2.19. The van der Waals surface area contributed by atoms with E-state index < -0.39 is 0 Å². The van der Waals surface area contributed by atoms with Crippen molar-refractivity contribution in [3.8, 4) is 12.3 Å². The van der Waals surface area contributed by atoms with Crippen molar-refractivity contribution >= 4 is 0 Å². The third-order valence-electron chi connectivity index (χ3n) is 2.17. The van der Waals surface area contributed by atoms with Crippen LogP contribution in [-0.2, 0) is 9.47 Å². The Morgan fingerprint density at radius 1 is 1.62 bits per heavy atom. The number of ether oxygens (including phenoxy) is 2. The molecule has 13 heavy (non-hydrogen) atoms. The summed E-state index contributed by atoms with van der Waals surface area (Å²) >= 11 is 0. The average Bonchev–Trinajstić information content (AvgIpc) is 2.17. The SMILES string of the molecule is C#CCC(C)COC1CCCCO1. The van der Waals surface area contributed by atoms with Gasteiger partial charge in [-0.05, 0) is 25.2 Å². The standard InChI is InChI=1S/C11H18O2/c1-3-6-10(2)9-13-11-7-4-5-8-12-11/h1,10-11H,4-9H2,2H3. The summed E-state index contributed by atoms with van der Waals surface area (Å²) in [6.07, 6.45) is 9.42. The zero-order valence-electron chi connectivity index (χ0n) is 8.29. The maximum atomic E-state index is 5.58. The van der Waals surface area contributed by atoms with E-state index in [4.69, 9.17) is 15.9 Å². The minimum atomic E-state index is 0.0222. The number of hydrogen-bond acceptors (Lipinski definition) is 2. The van der Waals surface area contributed by atoms with Crippen LogP contribution in [0.4, 0.5) is 0 Å². The first kappa shape index (κ1) is 10.6. The number of rotatable bonds is 4. The molecular weight excluding hydrogens is 164 g/mol. The van der Waals surface area contributed by atoms with E-state index in [2.05, 4.69) is 12.8 Å². The fourth-order valence-corrected chi connectivity index (χ4v) is 1.37. The van der Waals surface area contributed by atoms with Gasteiger partial charge in [0.1, 0.15) is 0 Å². The van der Waals surface area contributed by atoms with Gasteiger partial charge in [-0.1, -0.05) is 6.92 Å². The summed E-state index contributed by atoms with van der Waals surface area (Å²) in [4.78, 5) is 0. The molecule has 0 amide bonds. The summed E-state index contributed by atoms with van der Waals surface area (Å²) < 4.78 is 11.0. The molecule has 2 nitrogen and oxygen atoms in total. The quantitative estimate of drug-likeness (QED) is 0.620. The molecule has 0 spiro atoms. The van der Waals surface area contributed by atoms with Crippen LogP contribution >= 0.6 is 0 Å². The van der Waals surface area contributed by atoms with Crippen molar-refractivity contribution in [1.82, 2.24) is 0 Å². The van der Waals surface area contributed by atoms with Gasteiger partial charge < -0.3 is 9.47 Å². The van der Waals surface area contributed by atoms with Gasteiger partial charge in [-0.3, -0.25) is 0 Å². The van der Waals surface area contributed by atoms with Gasteiger partial charge in [0.25, 0.3) is 0 Å². The molecule has 0 aromatic heterocycles. The van der Waals surface area contributed by atoms with E-state index in [-0.39, 0.29) is 6.29 Å². The van der Waals surface area contributed by atoms with Gasteiger partial charge in [-0.25, -0.2) is 0 Å². The van der Waals surface area contributed by atoms with Crippen LogP contribution in [0.2, 0.25) is 0 Å². The van der Waals surface area contributed by atoms with Crippen molar-refractivity contribution in [2.45, 2.75) is 38.9 Å². The normalized spacial score (nSPS) is 25.1. The minimum absolute atomic E-state index is 0.0222. The monoisotopic (exact) mass is 182 g/mol. The first-order valence-electron chi connectivity index (χ1n) is 4.99. The molecule has 1 aliphatic heterocycles. The Balaban J connectivity index is 2.07. The Bertz CT molecular complexity index is 165. The molecule has 0 saturated carbocycles. The third-order valence-corrected chi connectivity index (χ3v) is 2.17. The van der Waals surface area contributed by atoms with Crippen LogP contribution in [0, 0.1) is 18.3 Å². The maximum absolute atomic E-state index is 5.58. The molecule has 2 atom stereocenters. The Hall–Kier alpha value is -0.520. The molecular formula is C11H18O2. The summed E-state index contributed by atoms with van der Waals surface area (Å²) in [7, 11) is 0. The maximum Gasteiger partial charge on any atom is 0.157 e. The van der Waals surface area contributed by atoms with Gasteiger partial charge in [0.05, 0.1) is 6.61 Å². The molecule has 0 aromatic carbocycles. The zero-order valence-corrected chi connectivity index (χ0v) is 8.29. The highest BCUT2D eigenvalue weighted by Crippen LogP contribution is 2.15. The van der Waals surface area contributed by atoms with Crippen molar-refractivity contribution in [3.05, 3.63) is 0 Å². The van der Waals surface area contributed by atoms with Gasteiger partial charge >= 0.3 is 0 Å². The lowest BCUT2D eigenvalue weighted by Gasteiger charge is -2.23. The molecule has 74 valence electrons. The number of hydrogen-bond donors (Lipinski definition) is 0. The molecule has 2 unspecified atom stereocenters. The van der Waals surface area contributed by atoms with Crippen molar-refractivity contribution in [2.24, 2.45) is 5.92 Å². The second kappa shape index (κ2) is 6.01. The first-order chi connectivity index (χ1) is 6.33. The van der Waals surface area contributed by atoms with Crippen LogP contribution in [0.1, 0.15) is 32.6 Å². The van der Waals surface area contributed by atoms with Crippen LogP contribution in [0.3, 0.4) is 0 Å². The van der Waals surface area contributed by atoms with Gasteiger partial charge in [0.2, 0.25) is 0 Å². The highest BCUT2D eigenvalue weighted by atomic mass is 16.7. The van der Waals surface area contributed by atoms with Gasteiger partial charge in [-0.15, -0.1) is 12.3 Å². The molecule has 0 aromatic rings. The highest BCUT2D eigenvalue weighted by molar-refractivity contribution is 4.85. The second-order valence-electron chi connectivity index (χ2n) is 3.64. The van der Waals surface area contributed by atoms with Gasteiger partial charge in [0.15, 0.2) is 6.29 Å². The van der Waals surface area contributed by atoms with Crippen LogP contribution in [0.15, 0.2) is 0 Å². The summed E-state index contributed by atoms with van der Waals surface area (Å²) in [6, 6.07) is 0. The Morgan fingerprint density at radius 2 is 2.46 bits per heavy atom. The van der Waals surface area contributed by atoms with Crippen molar-refractivity contribution in [3.63, 3.8) is 0 Å². The Labute approximate surface area is 80.6 Å². The summed E-state index contributed by atoms with van der Waals surface area (Å²) in [5.74, 6) is 3.07. The van der Waals surface area contributed by atoms with E-state index >= 15 is 0 Å². The van der Waals surface area contributed by atoms with E-state index in [1.165, 1.54) is 12.8 Å². The molecule has 1 heterocycles. The van der Waals surface area contributed by atoms with Crippen molar-refractivity contribution in [1.29, 1.82) is 0 Å². The van der Waals surface area contributed by atoms with E-state index in [1.807, 2.05) is 0 Å². The lowest BCUT2D eigenvalue weighted by atomic mass is 10.1. The molecule has 2 heteroatoms. The van der Waals surface area contributed by atoms with Crippen molar-refractivity contribution in [2.75, 3.05) is 13.2 Å². The van der Waals surface area contributed by atoms with E-state index in [0.717, 1.165) is 26.1 Å². The molecule has 0 radical (unpaired) electrons. The van der Waals surface area contributed by atoms with Crippen LogP contribution in [0.5, 0.6) is 0 Å². The van der Waals surface area contributed by atoms with Crippen LogP contribution in [0.25, 0.3) is 0 Å². The minimum Gasteiger partial charge on any atom is -0.353 e. The summed E-state index contributed by atoms with van der Waals surface area (Å²) in [6.45, 7) is 3.66. The molecule has 1 fully saturated rings. The van der Waals surface area contributed by atoms with Gasteiger partial charge in [0, 0.05) is 13.0 Å². The second-order valence-corrected chi connectivity index (χ2v) is 3.64. The Kier molecular flexibility index (Phi) is 4.88. The fraction of sp³-hybridized carbons (Fsp3) is 0.818. The van der Waals surface area contributed by atoms with E-state index in [9.17, 15) is 0 Å². The summed E-state index contributed by atoms with van der Waals surface area (Å²) in [5, 5.41) is 0. The lowest BCUT2D eigenvalue weighted by molar-refractivity contribution is -0.167. The molecule has 1 saturated heterocycles. The molecule has 0 N–H and O–H groups in total. The zero-order chi connectivity index (χ0) is 9.52. The largest absolute Gasteiger partial charge is 0.353 e.